The maximum absolute atomic E-state index is 12.9. The number of nitrogens with zero attached hydrogens (tertiary/aromatic N) is 2. The Morgan fingerprint density at radius 2 is 1.92 bits per heavy atom. The predicted octanol–water partition coefficient (Wildman–Crippen LogP) is 5.06. The molecule has 0 fully saturated rings. The molecule has 2 aromatic carbocycles. The van der Waals surface area contributed by atoms with E-state index in [1.54, 1.807) is 0 Å². The standard InChI is InChI=1S/C19H15ClN2OS/c20-15-9-7-14(8-10-15)18-21-16(12-24-18)19(23)22-11-3-5-13-4-1-2-6-17(13)22/h1-2,4,6-10,12H,3,5,11H2. The minimum Gasteiger partial charge on any atom is -0.307 e. The molecule has 0 bridgehead atoms. The lowest BCUT2D eigenvalue weighted by molar-refractivity contribution is 0.0981. The van der Waals surface area contributed by atoms with Gasteiger partial charge in [-0.25, -0.2) is 4.98 Å². The van der Waals surface area contributed by atoms with E-state index in [0.717, 1.165) is 35.6 Å². The molecule has 0 N–H and O–H groups in total. The van der Waals surface area contributed by atoms with Gasteiger partial charge in [-0.3, -0.25) is 4.79 Å². The van der Waals surface area contributed by atoms with Crippen LogP contribution in [0.3, 0.4) is 0 Å². The molecule has 1 aliphatic heterocycles. The Kier molecular flexibility index (Phi) is 4.08. The van der Waals surface area contributed by atoms with Gasteiger partial charge in [-0.2, -0.15) is 0 Å². The molecule has 4 rings (SSSR count). The highest BCUT2D eigenvalue weighted by Gasteiger charge is 2.25. The lowest BCUT2D eigenvalue weighted by Gasteiger charge is -2.28. The molecule has 2 heterocycles. The molecular weight excluding hydrogens is 340 g/mol. The summed E-state index contributed by atoms with van der Waals surface area (Å²) in [5.74, 6) is -0.0291. The third kappa shape index (κ3) is 2.83. The monoisotopic (exact) mass is 354 g/mol. The number of carbonyl (C=O) groups excluding carboxylic acids is 1. The van der Waals surface area contributed by atoms with Crippen LogP contribution in [-0.4, -0.2) is 17.4 Å². The van der Waals surface area contributed by atoms with Gasteiger partial charge < -0.3 is 4.90 Å². The smallest absolute Gasteiger partial charge is 0.277 e. The number of para-hydroxylation sites is 1. The highest BCUT2D eigenvalue weighted by atomic mass is 35.5. The van der Waals surface area contributed by atoms with Crippen LogP contribution in [0, 0.1) is 0 Å². The Hall–Kier alpha value is -2.17. The van der Waals surface area contributed by atoms with Gasteiger partial charge in [0.25, 0.3) is 5.91 Å². The van der Waals surface area contributed by atoms with Crippen molar-refractivity contribution in [3.63, 3.8) is 0 Å². The van der Waals surface area contributed by atoms with Crippen LogP contribution in [0.2, 0.25) is 5.02 Å². The summed E-state index contributed by atoms with van der Waals surface area (Å²) in [6, 6.07) is 15.6. The van der Waals surface area contributed by atoms with Gasteiger partial charge in [0.15, 0.2) is 0 Å². The second kappa shape index (κ2) is 6.38. The van der Waals surface area contributed by atoms with Crippen molar-refractivity contribution in [2.24, 2.45) is 0 Å². The SMILES string of the molecule is O=C(c1csc(-c2ccc(Cl)cc2)n1)N1CCCc2ccccc21. The zero-order chi connectivity index (χ0) is 16.5. The van der Waals surface area contributed by atoms with Crippen molar-refractivity contribution >= 4 is 34.5 Å². The lowest BCUT2D eigenvalue weighted by atomic mass is 10.0. The molecule has 1 aliphatic rings. The molecule has 24 heavy (non-hydrogen) atoms. The average Bonchev–Trinajstić information content (AvgIpc) is 3.11. The first kappa shape index (κ1) is 15.4. The van der Waals surface area contributed by atoms with Gasteiger partial charge >= 0.3 is 0 Å². The van der Waals surface area contributed by atoms with Gasteiger partial charge in [-0.1, -0.05) is 41.9 Å². The molecule has 0 saturated carbocycles. The van der Waals surface area contributed by atoms with Crippen LogP contribution in [0.4, 0.5) is 5.69 Å². The maximum atomic E-state index is 12.9. The molecule has 3 aromatic rings. The summed E-state index contributed by atoms with van der Waals surface area (Å²) in [6.07, 6.45) is 2.00. The minimum atomic E-state index is -0.0291. The van der Waals surface area contributed by atoms with E-state index >= 15 is 0 Å². The molecule has 5 heteroatoms. The first-order valence-electron chi connectivity index (χ1n) is 7.83. The first-order valence-corrected chi connectivity index (χ1v) is 9.09. The van der Waals surface area contributed by atoms with Crippen molar-refractivity contribution in [3.8, 4) is 10.6 Å². The van der Waals surface area contributed by atoms with Crippen molar-refractivity contribution < 1.29 is 4.79 Å². The summed E-state index contributed by atoms with van der Waals surface area (Å²) >= 11 is 7.41. The number of halogens is 1. The summed E-state index contributed by atoms with van der Waals surface area (Å²) in [5, 5.41) is 3.36. The third-order valence-corrected chi connectivity index (χ3v) is 5.31. The molecule has 0 radical (unpaired) electrons. The van der Waals surface area contributed by atoms with Gasteiger partial charge in [0.1, 0.15) is 10.7 Å². The van der Waals surface area contributed by atoms with Crippen molar-refractivity contribution in [1.82, 2.24) is 4.98 Å². The maximum Gasteiger partial charge on any atom is 0.277 e. The summed E-state index contributed by atoms with van der Waals surface area (Å²) in [5.41, 5.74) is 3.71. The largest absolute Gasteiger partial charge is 0.307 e. The van der Waals surface area contributed by atoms with E-state index in [2.05, 4.69) is 11.1 Å². The Labute approximate surface area is 149 Å². The summed E-state index contributed by atoms with van der Waals surface area (Å²) in [4.78, 5) is 19.3. The fourth-order valence-corrected chi connectivity index (χ4v) is 3.91. The number of hydrogen-bond acceptors (Lipinski definition) is 3. The molecule has 1 aromatic heterocycles. The van der Waals surface area contributed by atoms with Gasteiger partial charge in [-0.15, -0.1) is 11.3 Å². The molecule has 0 spiro atoms. The second-order valence-electron chi connectivity index (χ2n) is 5.73. The van der Waals surface area contributed by atoms with Gasteiger partial charge in [-0.05, 0) is 36.6 Å². The minimum absolute atomic E-state index is 0.0291. The normalized spacial score (nSPS) is 13.6. The lowest BCUT2D eigenvalue weighted by Crippen LogP contribution is -2.35. The van der Waals surface area contributed by atoms with Gasteiger partial charge in [0.2, 0.25) is 0 Å². The summed E-state index contributed by atoms with van der Waals surface area (Å²) < 4.78 is 0. The number of anilines is 1. The Morgan fingerprint density at radius 3 is 2.75 bits per heavy atom. The number of aryl methyl sites for hydroxylation is 1. The number of carbonyl (C=O) groups is 1. The number of aromatic nitrogens is 1. The summed E-state index contributed by atoms with van der Waals surface area (Å²) in [6.45, 7) is 0.740. The average molecular weight is 355 g/mol. The molecule has 0 saturated heterocycles. The van der Waals surface area contributed by atoms with Crippen molar-refractivity contribution in [2.45, 2.75) is 12.8 Å². The van der Waals surface area contributed by atoms with Crippen molar-refractivity contribution in [1.29, 1.82) is 0 Å². The van der Waals surface area contributed by atoms with E-state index in [9.17, 15) is 4.79 Å². The van der Waals surface area contributed by atoms with Gasteiger partial charge in [0.05, 0.1) is 0 Å². The van der Waals surface area contributed by atoms with Crippen LogP contribution in [-0.2, 0) is 6.42 Å². The predicted molar refractivity (Wildman–Crippen MR) is 99.0 cm³/mol. The Bertz CT molecular complexity index is 888. The third-order valence-electron chi connectivity index (χ3n) is 4.17. The number of fused-ring (bicyclic) bond motifs is 1. The molecule has 0 aliphatic carbocycles. The topological polar surface area (TPSA) is 33.2 Å². The van der Waals surface area contributed by atoms with E-state index in [4.69, 9.17) is 11.6 Å². The number of hydrogen-bond donors (Lipinski definition) is 0. The van der Waals surface area contributed by atoms with E-state index < -0.39 is 0 Å². The van der Waals surface area contributed by atoms with Crippen LogP contribution in [0.5, 0.6) is 0 Å². The van der Waals surface area contributed by atoms with Crippen LogP contribution in [0.1, 0.15) is 22.5 Å². The van der Waals surface area contributed by atoms with Crippen molar-refractivity contribution in [2.75, 3.05) is 11.4 Å². The van der Waals surface area contributed by atoms with Crippen LogP contribution in [0.25, 0.3) is 10.6 Å². The fourth-order valence-electron chi connectivity index (χ4n) is 2.98. The fraction of sp³-hybridized carbons (Fsp3) is 0.158. The molecule has 0 atom stereocenters. The van der Waals surface area contributed by atoms with E-state index in [1.807, 2.05) is 52.7 Å². The number of benzene rings is 2. The molecular formula is C19H15ClN2OS. The number of rotatable bonds is 2. The second-order valence-corrected chi connectivity index (χ2v) is 7.03. The van der Waals surface area contributed by atoms with E-state index in [0.29, 0.717) is 10.7 Å². The highest BCUT2D eigenvalue weighted by Crippen LogP contribution is 2.30. The molecule has 120 valence electrons. The molecule has 1 amide bonds. The zero-order valence-corrected chi connectivity index (χ0v) is 14.5. The molecule has 3 nitrogen and oxygen atoms in total. The van der Waals surface area contributed by atoms with Crippen LogP contribution < -0.4 is 4.90 Å². The first-order chi connectivity index (χ1) is 11.7. The molecule has 0 unspecified atom stereocenters. The Balaban J connectivity index is 1.63. The Morgan fingerprint density at radius 1 is 1.12 bits per heavy atom. The van der Waals surface area contributed by atoms with E-state index in [-0.39, 0.29) is 5.91 Å². The quantitative estimate of drug-likeness (QED) is 0.644. The van der Waals surface area contributed by atoms with Crippen LogP contribution in [0.15, 0.2) is 53.9 Å². The van der Waals surface area contributed by atoms with Gasteiger partial charge in [0, 0.05) is 28.2 Å². The number of amides is 1. The summed E-state index contributed by atoms with van der Waals surface area (Å²) in [7, 11) is 0. The van der Waals surface area contributed by atoms with E-state index in [1.165, 1.54) is 16.9 Å². The number of thiazole rings is 1. The van der Waals surface area contributed by atoms with Crippen molar-refractivity contribution in [3.05, 3.63) is 70.2 Å². The van der Waals surface area contributed by atoms with Crippen LogP contribution >= 0.6 is 22.9 Å². The highest BCUT2D eigenvalue weighted by molar-refractivity contribution is 7.13. The zero-order valence-electron chi connectivity index (χ0n) is 12.9.